The van der Waals surface area contributed by atoms with Gasteiger partial charge in [-0.2, -0.15) is 0 Å². The average Bonchev–Trinajstić information content (AvgIpc) is 2.76. The second-order valence-electron chi connectivity index (χ2n) is 4.38. The molecule has 17 heavy (non-hydrogen) atoms. The molecule has 1 saturated heterocycles. The molecule has 1 N–H and O–H groups in total. The summed E-state index contributed by atoms with van der Waals surface area (Å²) in [5.41, 5.74) is 1.70. The third-order valence-corrected chi connectivity index (χ3v) is 3.76. The van der Waals surface area contributed by atoms with E-state index < -0.39 is 0 Å². The molecule has 2 heterocycles. The lowest BCUT2D eigenvalue weighted by Gasteiger charge is -2.33. The minimum atomic E-state index is -0.133. The number of methoxy groups -OCH3 is 1. The molecule has 0 aromatic heterocycles. The van der Waals surface area contributed by atoms with E-state index in [1.54, 1.807) is 13.2 Å². The molecule has 0 radical (unpaired) electrons. The Labute approximate surface area is 104 Å². The Hall–Kier alpha value is -1.26. The number of halogens is 1. The third-order valence-electron chi connectivity index (χ3n) is 3.45. The first-order valence-corrected chi connectivity index (χ1v) is 5.97. The average molecular weight is 253 g/mol. The Morgan fingerprint density at radius 2 is 2.35 bits per heavy atom. The summed E-state index contributed by atoms with van der Waals surface area (Å²) >= 11 is 6.10. The van der Waals surface area contributed by atoms with Gasteiger partial charge in [0.2, 0.25) is 5.91 Å². The highest BCUT2D eigenvalue weighted by molar-refractivity contribution is 6.35. The van der Waals surface area contributed by atoms with E-state index in [0.717, 1.165) is 18.7 Å². The molecular formula is C12H13ClN2O2. The van der Waals surface area contributed by atoms with Gasteiger partial charge in [-0.15, -0.1) is 0 Å². The lowest BCUT2D eigenvalue weighted by atomic mass is 10.1. The van der Waals surface area contributed by atoms with Crippen molar-refractivity contribution in [1.82, 2.24) is 0 Å². The van der Waals surface area contributed by atoms with Crippen molar-refractivity contribution >= 4 is 28.9 Å². The number of ether oxygens (including phenoxy) is 1. The molecule has 0 aliphatic carbocycles. The molecular weight excluding hydrogens is 240 g/mol. The Bertz CT molecular complexity index is 478. The van der Waals surface area contributed by atoms with Gasteiger partial charge in [0.05, 0.1) is 22.5 Å². The van der Waals surface area contributed by atoms with Gasteiger partial charge in [0.25, 0.3) is 0 Å². The molecule has 0 spiro atoms. The van der Waals surface area contributed by atoms with E-state index in [4.69, 9.17) is 16.3 Å². The van der Waals surface area contributed by atoms with Gasteiger partial charge in [0.15, 0.2) is 0 Å². The van der Waals surface area contributed by atoms with Crippen molar-refractivity contribution in [2.24, 2.45) is 0 Å². The van der Waals surface area contributed by atoms with Crippen LogP contribution in [0.4, 0.5) is 11.4 Å². The number of anilines is 2. The van der Waals surface area contributed by atoms with Gasteiger partial charge in [0.1, 0.15) is 6.04 Å². The summed E-state index contributed by atoms with van der Waals surface area (Å²) in [5.74, 6) is 0.00477. The molecule has 1 aromatic carbocycles. The highest BCUT2D eigenvalue weighted by Crippen LogP contribution is 2.40. The summed E-state index contributed by atoms with van der Waals surface area (Å²) in [6.07, 6.45) is 0.838. The quantitative estimate of drug-likeness (QED) is 0.830. The first-order chi connectivity index (χ1) is 8.20. The first kappa shape index (κ1) is 10.9. The van der Waals surface area contributed by atoms with Crippen molar-refractivity contribution in [2.45, 2.75) is 18.6 Å². The van der Waals surface area contributed by atoms with Crippen LogP contribution < -0.4 is 10.2 Å². The third kappa shape index (κ3) is 1.59. The summed E-state index contributed by atoms with van der Waals surface area (Å²) in [7, 11) is 1.68. The minimum Gasteiger partial charge on any atom is -0.380 e. The van der Waals surface area contributed by atoms with Gasteiger partial charge in [-0.25, -0.2) is 0 Å². The zero-order valence-electron chi connectivity index (χ0n) is 9.44. The lowest BCUT2D eigenvalue weighted by molar-refractivity contribution is -0.117. The fraction of sp³-hybridized carbons (Fsp3) is 0.417. The molecule has 3 rings (SSSR count). The predicted octanol–water partition coefficient (Wildman–Crippen LogP) is 1.89. The normalized spacial score (nSPS) is 26.5. The van der Waals surface area contributed by atoms with Gasteiger partial charge in [-0.1, -0.05) is 17.7 Å². The van der Waals surface area contributed by atoms with E-state index in [1.165, 1.54) is 0 Å². The molecule has 0 saturated carbocycles. The van der Waals surface area contributed by atoms with Crippen LogP contribution in [-0.2, 0) is 9.53 Å². The second kappa shape index (κ2) is 3.89. The van der Waals surface area contributed by atoms with E-state index in [0.29, 0.717) is 10.7 Å². The van der Waals surface area contributed by atoms with Crippen molar-refractivity contribution in [3.63, 3.8) is 0 Å². The van der Waals surface area contributed by atoms with Crippen LogP contribution in [-0.4, -0.2) is 31.7 Å². The standard InChI is InChI=1S/C12H13ClN2O2/c1-17-7-5-10-12(16)14-11-8(13)3-2-4-9(11)15(10)6-7/h2-4,7,10H,5-6H2,1H3,(H,14,16). The van der Waals surface area contributed by atoms with Gasteiger partial charge < -0.3 is 15.0 Å². The van der Waals surface area contributed by atoms with Crippen molar-refractivity contribution < 1.29 is 9.53 Å². The lowest BCUT2D eigenvalue weighted by Crippen LogP contribution is -2.44. The van der Waals surface area contributed by atoms with Gasteiger partial charge >= 0.3 is 0 Å². The van der Waals surface area contributed by atoms with Crippen LogP contribution in [0.5, 0.6) is 0 Å². The zero-order chi connectivity index (χ0) is 12.0. The SMILES string of the molecule is COC1CC2C(=O)Nc3c(Cl)cccc3N2C1. The number of nitrogens with zero attached hydrogens (tertiary/aromatic N) is 1. The van der Waals surface area contributed by atoms with Crippen LogP contribution in [0.1, 0.15) is 6.42 Å². The highest BCUT2D eigenvalue weighted by Gasteiger charge is 2.41. The largest absolute Gasteiger partial charge is 0.380 e. The molecule has 1 amide bonds. The topological polar surface area (TPSA) is 41.6 Å². The highest BCUT2D eigenvalue weighted by atomic mass is 35.5. The predicted molar refractivity (Wildman–Crippen MR) is 66.6 cm³/mol. The Balaban J connectivity index is 2.05. The van der Waals surface area contributed by atoms with E-state index in [9.17, 15) is 4.79 Å². The Morgan fingerprint density at radius 3 is 3.12 bits per heavy atom. The number of hydrogen-bond acceptors (Lipinski definition) is 3. The number of rotatable bonds is 1. The summed E-state index contributed by atoms with van der Waals surface area (Å²) in [5, 5.41) is 3.45. The van der Waals surface area contributed by atoms with E-state index in [1.807, 2.05) is 12.1 Å². The number of nitrogens with one attached hydrogen (secondary N) is 1. The number of carbonyl (C=O) groups excluding carboxylic acids is 1. The van der Waals surface area contributed by atoms with E-state index >= 15 is 0 Å². The maximum Gasteiger partial charge on any atom is 0.247 e. The molecule has 2 aliphatic heterocycles. The van der Waals surface area contributed by atoms with Crippen molar-refractivity contribution in [1.29, 1.82) is 0 Å². The monoisotopic (exact) mass is 252 g/mol. The van der Waals surface area contributed by atoms with Gasteiger partial charge in [-0.3, -0.25) is 4.79 Å². The smallest absolute Gasteiger partial charge is 0.247 e. The number of carbonyl (C=O) groups is 1. The molecule has 2 atom stereocenters. The maximum absolute atomic E-state index is 12.0. The number of para-hydroxylation sites is 1. The first-order valence-electron chi connectivity index (χ1n) is 5.59. The summed E-state index contributed by atoms with van der Waals surface area (Å²) in [6, 6.07) is 5.53. The fourth-order valence-electron chi connectivity index (χ4n) is 2.57. The maximum atomic E-state index is 12.0. The van der Waals surface area contributed by atoms with Crippen LogP contribution in [0.15, 0.2) is 18.2 Å². The Morgan fingerprint density at radius 1 is 1.53 bits per heavy atom. The van der Waals surface area contributed by atoms with Crippen LogP contribution in [0.2, 0.25) is 5.02 Å². The number of amides is 1. The van der Waals surface area contributed by atoms with Crippen LogP contribution in [0, 0.1) is 0 Å². The van der Waals surface area contributed by atoms with Crippen LogP contribution >= 0.6 is 11.6 Å². The van der Waals surface area contributed by atoms with Crippen LogP contribution in [0.25, 0.3) is 0 Å². The van der Waals surface area contributed by atoms with E-state index in [-0.39, 0.29) is 18.1 Å². The number of fused-ring (bicyclic) bond motifs is 3. The van der Waals surface area contributed by atoms with Crippen molar-refractivity contribution in [2.75, 3.05) is 23.9 Å². The molecule has 2 unspecified atom stereocenters. The zero-order valence-corrected chi connectivity index (χ0v) is 10.2. The molecule has 1 fully saturated rings. The minimum absolute atomic E-state index is 0.00477. The summed E-state index contributed by atoms with van der Waals surface area (Å²) in [4.78, 5) is 14.1. The van der Waals surface area contributed by atoms with Gasteiger partial charge in [0, 0.05) is 20.1 Å². The fourth-order valence-corrected chi connectivity index (χ4v) is 2.78. The molecule has 5 heteroatoms. The molecule has 0 bridgehead atoms. The van der Waals surface area contributed by atoms with Crippen molar-refractivity contribution in [3.05, 3.63) is 23.2 Å². The van der Waals surface area contributed by atoms with Gasteiger partial charge in [-0.05, 0) is 12.1 Å². The molecule has 4 nitrogen and oxygen atoms in total. The van der Waals surface area contributed by atoms with E-state index in [2.05, 4.69) is 10.2 Å². The number of hydrogen-bond donors (Lipinski definition) is 1. The number of benzene rings is 1. The molecule has 90 valence electrons. The molecule has 1 aromatic rings. The van der Waals surface area contributed by atoms with Crippen molar-refractivity contribution in [3.8, 4) is 0 Å². The summed E-state index contributed by atoms with van der Waals surface area (Å²) in [6.45, 7) is 0.738. The Kier molecular flexibility index (Phi) is 2.49. The summed E-state index contributed by atoms with van der Waals surface area (Å²) < 4.78 is 5.34. The molecule has 2 aliphatic rings. The van der Waals surface area contributed by atoms with Crippen LogP contribution in [0.3, 0.4) is 0 Å². The second-order valence-corrected chi connectivity index (χ2v) is 4.79.